The molecule has 202 valence electrons. The number of hydrogen-bond donors (Lipinski definition) is 0. The van der Waals surface area contributed by atoms with Crippen LogP contribution >= 0.6 is 7.82 Å². The first-order valence-electron chi connectivity index (χ1n) is 13.8. The Kier molecular flexibility index (Phi) is 17.5. The summed E-state index contributed by atoms with van der Waals surface area (Å²) in [5.74, 6) is 3.40. The first kappa shape index (κ1) is 38.0. The minimum atomic E-state index is -5.11. The van der Waals surface area contributed by atoms with Crippen LogP contribution in [0.3, 0.4) is 0 Å². The number of phosphoric ester groups is 1. The Balaban J connectivity index is 0.00000648. The number of phosphoric acid groups is 1. The first-order valence-corrected chi connectivity index (χ1v) is 15.2. The van der Waals surface area contributed by atoms with Crippen LogP contribution in [0.2, 0.25) is 0 Å². The van der Waals surface area contributed by atoms with Gasteiger partial charge in [0.05, 0.1) is 0 Å². The van der Waals surface area contributed by atoms with Gasteiger partial charge in [-0.2, -0.15) is 0 Å². The molecule has 1 aromatic rings. The minimum absolute atomic E-state index is 0. The molecule has 2 rings (SSSR count). The van der Waals surface area contributed by atoms with Gasteiger partial charge < -0.3 is 23.6 Å². The van der Waals surface area contributed by atoms with Crippen molar-refractivity contribution in [2.45, 2.75) is 132 Å². The van der Waals surface area contributed by atoms with Crippen molar-refractivity contribution in [1.82, 2.24) is 0 Å². The number of ether oxygens (including phenoxy) is 1. The van der Waals surface area contributed by atoms with E-state index in [4.69, 9.17) is 9.26 Å². The molecule has 0 N–H and O–H groups in total. The molecular formula is C29H49Na2O5P. The van der Waals surface area contributed by atoms with Gasteiger partial charge in [-0.25, -0.2) is 0 Å². The quantitative estimate of drug-likeness (QED) is 0.256. The van der Waals surface area contributed by atoms with Crippen LogP contribution in [0.1, 0.15) is 121 Å². The van der Waals surface area contributed by atoms with Gasteiger partial charge in [-0.05, 0) is 87.8 Å². The van der Waals surface area contributed by atoms with Crippen LogP contribution in [0, 0.1) is 38.5 Å². The van der Waals surface area contributed by atoms with Gasteiger partial charge in [-0.15, -0.1) is 0 Å². The van der Waals surface area contributed by atoms with E-state index < -0.39 is 7.82 Å². The van der Waals surface area contributed by atoms with E-state index in [1.54, 1.807) is 6.92 Å². The van der Waals surface area contributed by atoms with E-state index in [9.17, 15) is 14.4 Å². The second-order valence-electron chi connectivity index (χ2n) is 12.0. The summed E-state index contributed by atoms with van der Waals surface area (Å²) in [4.78, 5) is 22.5. The smallest absolute Gasteiger partial charge is 0.780 e. The van der Waals surface area contributed by atoms with Gasteiger partial charge in [0.1, 0.15) is 24.9 Å². The summed E-state index contributed by atoms with van der Waals surface area (Å²) in [6, 6.07) is 0. The van der Waals surface area contributed by atoms with Gasteiger partial charge in [0.15, 0.2) is 0 Å². The summed E-state index contributed by atoms with van der Waals surface area (Å²) < 4.78 is 22.6. The predicted octanol–water partition coefficient (Wildman–Crippen LogP) is 1.35. The molecular weight excluding hydrogens is 505 g/mol. The molecule has 0 radical (unpaired) electrons. The Morgan fingerprint density at radius 2 is 1.38 bits per heavy atom. The molecule has 3 atom stereocenters. The first-order chi connectivity index (χ1) is 16.2. The maximum Gasteiger partial charge on any atom is 1.00 e. The van der Waals surface area contributed by atoms with Crippen LogP contribution < -0.4 is 78.2 Å². The van der Waals surface area contributed by atoms with Gasteiger partial charge in [0, 0.05) is 5.56 Å². The van der Waals surface area contributed by atoms with Crippen molar-refractivity contribution in [1.29, 1.82) is 0 Å². The number of benzene rings is 1. The molecule has 1 aromatic carbocycles. The van der Waals surface area contributed by atoms with Crippen LogP contribution in [0.5, 0.6) is 11.5 Å². The molecule has 0 unspecified atom stereocenters. The van der Waals surface area contributed by atoms with Crippen molar-refractivity contribution in [3.8, 4) is 11.5 Å². The molecule has 1 heterocycles. The topological polar surface area (TPSA) is 81.7 Å². The zero-order valence-electron chi connectivity index (χ0n) is 25.5. The second-order valence-corrected chi connectivity index (χ2v) is 13.0. The predicted molar refractivity (Wildman–Crippen MR) is 141 cm³/mol. The Bertz CT molecular complexity index is 886. The van der Waals surface area contributed by atoms with Crippen LogP contribution in [0.15, 0.2) is 0 Å². The molecule has 0 saturated carbocycles. The SMILES string of the molecule is Cc1c(C)c2c(c(C)c1OP(=O)([O-])[O-])CC[C@](C)(CCC[C@@H](C)CCC[C@@H](C)CCCC(C)C)O2.[Na+].[Na+]. The Hall–Kier alpha value is 0.970. The molecule has 0 spiro atoms. The fraction of sp³-hybridized carbons (Fsp3) is 0.793. The van der Waals surface area contributed by atoms with E-state index in [-0.39, 0.29) is 70.5 Å². The molecule has 1 aliphatic heterocycles. The number of fused-ring (bicyclic) bond motifs is 1. The van der Waals surface area contributed by atoms with Gasteiger partial charge in [-0.1, -0.05) is 72.6 Å². The fourth-order valence-electron chi connectivity index (χ4n) is 5.51. The van der Waals surface area contributed by atoms with Crippen molar-refractivity contribution in [2.75, 3.05) is 0 Å². The van der Waals surface area contributed by atoms with Crippen LogP contribution in [-0.4, -0.2) is 5.60 Å². The Morgan fingerprint density at radius 3 is 1.89 bits per heavy atom. The monoisotopic (exact) mass is 554 g/mol. The third-order valence-electron chi connectivity index (χ3n) is 8.04. The summed E-state index contributed by atoms with van der Waals surface area (Å²) in [5.41, 5.74) is 2.95. The molecule has 0 bridgehead atoms. The van der Waals surface area contributed by atoms with Gasteiger partial charge in [0.25, 0.3) is 0 Å². The van der Waals surface area contributed by atoms with E-state index in [0.29, 0.717) is 11.1 Å². The summed E-state index contributed by atoms with van der Waals surface area (Å²) in [6.07, 6.45) is 13.1. The molecule has 37 heavy (non-hydrogen) atoms. The fourth-order valence-corrected chi connectivity index (χ4v) is 6.01. The normalized spacial score (nSPS) is 18.8. The maximum atomic E-state index is 11.2. The molecule has 0 amide bonds. The van der Waals surface area contributed by atoms with E-state index in [1.807, 2.05) is 13.8 Å². The van der Waals surface area contributed by atoms with Gasteiger partial charge in [-0.3, -0.25) is 0 Å². The molecule has 5 nitrogen and oxygen atoms in total. The van der Waals surface area contributed by atoms with Crippen LogP contribution in [-0.2, 0) is 11.0 Å². The summed E-state index contributed by atoms with van der Waals surface area (Å²) in [5, 5.41) is 0. The zero-order chi connectivity index (χ0) is 26.4. The molecule has 0 aromatic heterocycles. The third-order valence-corrected chi connectivity index (χ3v) is 8.45. The summed E-state index contributed by atoms with van der Waals surface area (Å²) in [6.45, 7) is 17.1. The van der Waals surface area contributed by atoms with Gasteiger partial charge in [0.2, 0.25) is 0 Å². The minimum Gasteiger partial charge on any atom is -0.780 e. The van der Waals surface area contributed by atoms with E-state index in [2.05, 4.69) is 34.6 Å². The van der Waals surface area contributed by atoms with Crippen LogP contribution in [0.25, 0.3) is 0 Å². The number of hydrogen-bond acceptors (Lipinski definition) is 5. The zero-order valence-corrected chi connectivity index (χ0v) is 30.4. The van der Waals surface area contributed by atoms with E-state index in [1.165, 1.54) is 44.9 Å². The summed E-state index contributed by atoms with van der Waals surface area (Å²) >= 11 is 0. The van der Waals surface area contributed by atoms with Crippen molar-refractivity contribution in [3.63, 3.8) is 0 Å². The van der Waals surface area contributed by atoms with Crippen molar-refractivity contribution >= 4 is 7.82 Å². The van der Waals surface area contributed by atoms with E-state index >= 15 is 0 Å². The average molecular weight is 555 g/mol. The molecule has 1 aliphatic rings. The summed E-state index contributed by atoms with van der Waals surface area (Å²) in [7, 11) is -5.11. The molecule has 0 aliphatic carbocycles. The standard InChI is InChI=1S/C29H51O5P.2Na/c1-20(2)12-9-13-21(3)14-10-15-22(4)16-11-18-29(8)19-17-26-25(7)27(34-35(30,31)32)23(5)24(6)28(26)33-29;;/h20-22H,9-19H2,1-8H3,(H2,30,31,32);;/q;2*+1/p-2/t21-,22-,29-;;/m0../s1. The molecule has 0 fully saturated rings. The average Bonchev–Trinajstić information content (AvgIpc) is 2.74. The van der Waals surface area contributed by atoms with Crippen molar-refractivity contribution < 1.29 is 82.7 Å². The van der Waals surface area contributed by atoms with E-state index in [0.717, 1.165) is 60.3 Å². The Labute approximate surface area is 271 Å². The molecule has 8 heteroatoms. The van der Waals surface area contributed by atoms with Crippen LogP contribution in [0.4, 0.5) is 0 Å². The second kappa shape index (κ2) is 17.0. The number of rotatable bonds is 14. The van der Waals surface area contributed by atoms with Gasteiger partial charge >= 0.3 is 59.1 Å². The third kappa shape index (κ3) is 12.6. The largest absolute Gasteiger partial charge is 1.00 e. The molecule has 0 saturated heterocycles. The maximum absolute atomic E-state index is 11.2. The van der Waals surface area contributed by atoms with Crippen molar-refractivity contribution in [3.05, 3.63) is 22.3 Å². The van der Waals surface area contributed by atoms with Crippen molar-refractivity contribution in [2.24, 2.45) is 17.8 Å². The Morgan fingerprint density at radius 1 is 0.865 bits per heavy atom.